The van der Waals surface area contributed by atoms with E-state index < -0.39 is 11.7 Å². The molecule has 0 saturated carbocycles. The van der Waals surface area contributed by atoms with Crippen molar-refractivity contribution in [3.05, 3.63) is 21.7 Å². The quantitative estimate of drug-likeness (QED) is 0.535. The standard InChI is InChI=1S/C11H13N3O4S/c1-5-8(10(16)17)9(14-11(18)12-5)19-4-6-2-3-7(15)13-6/h6H,2-4H2,1H3,(H,13,15)(H,16,17)(H,12,14,18). The Kier molecular flexibility index (Phi) is 3.89. The van der Waals surface area contributed by atoms with Crippen molar-refractivity contribution in [2.45, 2.75) is 30.8 Å². The highest BCUT2D eigenvalue weighted by Gasteiger charge is 2.23. The molecule has 1 aliphatic heterocycles. The molecule has 2 heterocycles. The first-order valence-corrected chi connectivity index (χ1v) is 6.72. The van der Waals surface area contributed by atoms with Gasteiger partial charge in [-0.2, -0.15) is 4.98 Å². The van der Waals surface area contributed by atoms with E-state index >= 15 is 0 Å². The van der Waals surface area contributed by atoms with E-state index in [2.05, 4.69) is 15.3 Å². The number of nitrogens with zero attached hydrogens (tertiary/aromatic N) is 1. The molecule has 1 amide bonds. The fraction of sp³-hybridized carbons (Fsp3) is 0.455. The second-order valence-corrected chi connectivity index (χ2v) is 5.28. The largest absolute Gasteiger partial charge is 0.478 e. The van der Waals surface area contributed by atoms with E-state index in [0.717, 1.165) is 6.42 Å². The van der Waals surface area contributed by atoms with E-state index in [0.29, 0.717) is 12.2 Å². The van der Waals surface area contributed by atoms with Crippen LogP contribution in [0.1, 0.15) is 28.9 Å². The van der Waals surface area contributed by atoms with Gasteiger partial charge in [-0.25, -0.2) is 9.59 Å². The third-order valence-corrected chi connectivity index (χ3v) is 3.94. The monoisotopic (exact) mass is 283 g/mol. The summed E-state index contributed by atoms with van der Waals surface area (Å²) in [5.74, 6) is -0.625. The summed E-state index contributed by atoms with van der Waals surface area (Å²) >= 11 is 1.18. The highest BCUT2D eigenvalue weighted by Crippen LogP contribution is 2.23. The summed E-state index contributed by atoms with van der Waals surface area (Å²) in [5.41, 5.74) is -0.278. The summed E-state index contributed by atoms with van der Waals surface area (Å²) in [6, 6.07) is 0.000499. The van der Waals surface area contributed by atoms with Crippen molar-refractivity contribution in [1.29, 1.82) is 0 Å². The molecule has 0 spiro atoms. The van der Waals surface area contributed by atoms with Crippen molar-refractivity contribution in [1.82, 2.24) is 15.3 Å². The number of carboxylic acid groups (broad SMARTS) is 1. The first-order valence-electron chi connectivity index (χ1n) is 5.73. The molecule has 0 radical (unpaired) electrons. The van der Waals surface area contributed by atoms with Gasteiger partial charge in [0.15, 0.2) is 0 Å². The Morgan fingerprint density at radius 3 is 2.84 bits per heavy atom. The number of thioether (sulfide) groups is 1. The van der Waals surface area contributed by atoms with Crippen molar-refractivity contribution in [2.75, 3.05) is 5.75 Å². The number of rotatable bonds is 4. The van der Waals surface area contributed by atoms with Gasteiger partial charge in [-0.05, 0) is 13.3 Å². The summed E-state index contributed by atoms with van der Waals surface area (Å²) < 4.78 is 0. The average molecular weight is 283 g/mol. The molecule has 1 aromatic rings. The molecule has 1 saturated heterocycles. The number of aromatic nitrogens is 2. The minimum absolute atomic E-state index is 0.000499. The molecule has 3 N–H and O–H groups in total. The molecule has 102 valence electrons. The first kappa shape index (κ1) is 13.6. The predicted octanol–water partition coefficient (Wildman–Crippen LogP) is 0.147. The Bertz CT molecular complexity index is 584. The van der Waals surface area contributed by atoms with Crippen molar-refractivity contribution in [3.63, 3.8) is 0 Å². The summed E-state index contributed by atoms with van der Waals surface area (Å²) in [6.07, 6.45) is 1.20. The van der Waals surface area contributed by atoms with Gasteiger partial charge in [0.2, 0.25) is 5.91 Å². The number of aromatic amines is 1. The van der Waals surface area contributed by atoms with E-state index in [1.165, 1.54) is 18.7 Å². The van der Waals surface area contributed by atoms with Crippen LogP contribution in [0.2, 0.25) is 0 Å². The number of carbonyl (C=O) groups excluding carboxylic acids is 1. The van der Waals surface area contributed by atoms with Crippen LogP contribution in [-0.4, -0.2) is 38.7 Å². The number of hydrogen-bond donors (Lipinski definition) is 3. The maximum Gasteiger partial charge on any atom is 0.346 e. The maximum atomic E-state index is 11.3. The van der Waals surface area contributed by atoms with Crippen molar-refractivity contribution >= 4 is 23.6 Å². The zero-order valence-corrected chi connectivity index (χ0v) is 11.0. The van der Waals surface area contributed by atoms with E-state index in [9.17, 15) is 14.4 Å². The lowest BCUT2D eigenvalue weighted by atomic mass is 10.2. The summed E-state index contributed by atoms with van der Waals surface area (Å²) in [4.78, 5) is 39.6. The number of aryl methyl sites for hydroxylation is 1. The van der Waals surface area contributed by atoms with Gasteiger partial charge in [0.1, 0.15) is 10.6 Å². The molecule has 1 atom stereocenters. The molecule has 1 aliphatic rings. The van der Waals surface area contributed by atoms with Crippen molar-refractivity contribution in [2.24, 2.45) is 0 Å². The molecular formula is C11H13N3O4S. The molecule has 19 heavy (non-hydrogen) atoms. The summed E-state index contributed by atoms with van der Waals surface area (Å²) in [7, 11) is 0. The molecule has 1 fully saturated rings. The zero-order valence-electron chi connectivity index (χ0n) is 10.2. The Hall–Kier alpha value is -1.83. The average Bonchev–Trinajstić information content (AvgIpc) is 2.71. The number of carbonyl (C=O) groups is 2. The van der Waals surface area contributed by atoms with E-state index in [1.807, 2.05) is 0 Å². The lowest BCUT2D eigenvalue weighted by molar-refractivity contribution is -0.119. The second kappa shape index (κ2) is 5.43. The lowest BCUT2D eigenvalue weighted by Gasteiger charge is -2.10. The van der Waals surface area contributed by atoms with Crippen LogP contribution in [0.5, 0.6) is 0 Å². The molecule has 0 aliphatic carbocycles. The van der Waals surface area contributed by atoms with Crippen molar-refractivity contribution in [3.8, 4) is 0 Å². The van der Waals surface area contributed by atoms with Crippen LogP contribution in [0.25, 0.3) is 0 Å². The number of aromatic carboxylic acids is 1. The molecular weight excluding hydrogens is 270 g/mol. The van der Waals surface area contributed by atoms with Crippen LogP contribution in [0.4, 0.5) is 0 Å². The van der Waals surface area contributed by atoms with Gasteiger partial charge in [0, 0.05) is 23.9 Å². The number of H-pyrrole nitrogens is 1. The molecule has 7 nitrogen and oxygen atoms in total. The first-order chi connectivity index (χ1) is 8.97. The molecule has 2 rings (SSSR count). The summed E-state index contributed by atoms with van der Waals surface area (Å²) in [5, 5.41) is 12.1. The van der Waals surface area contributed by atoms with Gasteiger partial charge in [0.05, 0.1) is 0 Å². The number of nitrogens with one attached hydrogen (secondary N) is 2. The Morgan fingerprint density at radius 1 is 1.53 bits per heavy atom. The Balaban J connectivity index is 2.17. The van der Waals surface area contributed by atoms with Crippen molar-refractivity contribution < 1.29 is 14.7 Å². The van der Waals surface area contributed by atoms with Gasteiger partial charge in [0.25, 0.3) is 0 Å². The van der Waals surface area contributed by atoms with Crippen LogP contribution >= 0.6 is 11.8 Å². The van der Waals surface area contributed by atoms with E-state index in [-0.39, 0.29) is 28.2 Å². The predicted molar refractivity (Wildman–Crippen MR) is 68.4 cm³/mol. The van der Waals surface area contributed by atoms with Crippen LogP contribution in [-0.2, 0) is 4.79 Å². The third-order valence-electron chi connectivity index (χ3n) is 2.81. The normalized spacial score (nSPS) is 18.4. The zero-order chi connectivity index (χ0) is 14.0. The lowest BCUT2D eigenvalue weighted by Crippen LogP contribution is -2.27. The van der Waals surface area contributed by atoms with Gasteiger partial charge in [-0.1, -0.05) is 0 Å². The fourth-order valence-electron chi connectivity index (χ4n) is 1.90. The Morgan fingerprint density at radius 2 is 2.26 bits per heavy atom. The minimum Gasteiger partial charge on any atom is -0.478 e. The maximum absolute atomic E-state index is 11.3. The van der Waals surface area contributed by atoms with E-state index in [4.69, 9.17) is 5.11 Å². The van der Waals surface area contributed by atoms with Gasteiger partial charge in [-0.15, -0.1) is 11.8 Å². The van der Waals surface area contributed by atoms with E-state index in [1.54, 1.807) is 0 Å². The van der Waals surface area contributed by atoms with Crippen LogP contribution in [0.3, 0.4) is 0 Å². The molecule has 1 unspecified atom stereocenters. The van der Waals surface area contributed by atoms with Crippen LogP contribution in [0, 0.1) is 6.92 Å². The third kappa shape index (κ3) is 3.14. The van der Waals surface area contributed by atoms with Gasteiger partial charge in [-0.3, -0.25) is 4.79 Å². The smallest absolute Gasteiger partial charge is 0.346 e. The molecule has 8 heteroatoms. The minimum atomic E-state index is -1.13. The van der Waals surface area contributed by atoms with Crippen LogP contribution < -0.4 is 11.0 Å². The molecule has 1 aromatic heterocycles. The van der Waals surface area contributed by atoms with Gasteiger partial charge >= 0.3 is 11.7 Å². The SMILES string of the molecule is Cc1[nH]c(=O)nc(SCC2CCC(=O)N2)c1C(=O)O. The highest BCUT2D eigenvalue weighted by molar-refractivity contribution is 7.99. The highest BCUT2D eigenvalue weighted by atomic mass is 32.2. The fourth-order valence-corrected chi connectivity index (χ4v) is 3.04. The molecule has 0 aromatic carbocycles. The summed E-state index contributed by atoms with van der Waals surface area (Å²) in [6.45, 7) is 1.52. The number of carboxylic acids is 1. The van der Waals surface area contributed by atoms with Gasteiger partial charge < -0.3 is 15.4 Å². The van der Waals surface area contributed by atoms with Crippen LogP contribution in [0.15, 0.2) is 9.82 Å². The Labute approximate surface area is 112 Å². The second-order valence-electron chi connectivity index (χ2n) is 4.27. The molecule has 0 bridgehead atoms. The number of amides is 1. The topological polar surface area (TPSA) is 112 Å². The number of hydrogen-bond acceptors (Lipinski definition) is 5.